The number of amidine groups is 1. The minimum absolute atomic E-state index is 0.107. The molecule has 0 saturated heterocycles. The first-order valence-electron chi connectivity index (χ1n) is 11.0. The topological polar surface area (TPSA) is 75.9 Å². The fourth-order valence-electron chi connectivity index (χ4n) is 3.60. The molecular weight excluding hydrogens is 409 g/mol. The number of hydrogen-bond acceptors (Lipinski definition) is 6. The number of fused-ring (bicyclic) bond motifs is 1. The van der Waals surface area contributed by atoms with Crippen LogP contribution in [-0.2, 0) is 0 Å². The molecular formula is C23H36FN7O. The van der Waals surface area contributed by atoms with Crippen molar-refractivity contribution in [1.29, 1.82) is 0 Å². The van der Waals surface area contributed by atoms with Gasteiger partial charge in [0.05, 0.1) is 19.9 Å². The lowest BCUT2D eigenvalue weighted by molar-refractivity contribution is 0.159. The van der Waals surface area contributed by atoms with E-state index in [1.54, 1.807) is 29.8 Å². The van der Waals surface area contributed by atoms with Crippen LogP contribution in [0.2, 0.25) is 0 Å². The lowest BCUT2D eigenvalue weighted by Gasteiger charge is -2.31. The molecule has 0 atom stereocenters. The average molecular weight is 446 g/mol. The van der Waals surface area contributed by atoms with E-state index in [1.807, 2.05) is 13.8 Å². The number of aliphatic imine (C=N–C) groups is 3. The molecule has 0 aliphatic carbocycles. The van der Waals surface area contributed by atoms with Crippen LogP contribution in [0, 0.1) is 0 Å². The number of allylic oxidation sites excluding steroid dienone is 4. The first-order valence-corrected chi connectivity index (χ1v) is 11.0. The van der Waals surface area contributed by atoms with Gasteiger partial charge in [-0.1, -0.05) is 6.08 Å². The van der Waals surface area contributed by atoms with Crippen molar-refractivity contribution in [3.63, 3.8) is 0 Å². The van der Waals surface area contributed by atoms with E-state index < -0.39 is 0 Å². The summed E-state index contributed by atoms with van der Waals surface area (Å²) >= 11 is 0. The molecule has 0 aromatic rings. The van der Waals surface area contributed by atoms with Crippen molar-refractivity contribution in [2.45, 2.75) is 40.0 Å². The molecule has 2 rings (SSSR count). The van der Waals surface area contributed by atoms with Crippen LogP contribution in [-0.4, -0.2) is 85.7 Å². The Bertz CT molecular complexity index is 828. The molecule has 9 heteroatoms. The summed E-state index contributed by atoms with van der Waals surface area (Å²) < 4.78 is 14.2. The van der Waals surface area contributed by atoms with Crippen LogP contribution >= 0.6 is 0 Å². The van der Waals surface area contributed by atoms with Crippen LogP contribution < -0.4 is 5.32 Å². The van der Waals surface area contributed by atoms with Crippen molar-refractivity contribution < 1.29 is 9.18 Å². The molecule has 0 bridgehead atoms. The summed E-state index contributed by atoms with van der Waals surface area (Å²) in [5.74, 6) is 0.667. The molecule has 0 aromatic carbocycles. The molecule has 2 aliphatic rings. The Morgan fingerprint density at radius 1 is 1.31 bits per heavy atom. The molecule has 0 radical (unpaired) electrons. The van der Waals surface area contributed by atoms with Gasteiger partial charge in [-0.3, -0.25) is 25.2 Å². The highest BCUT2D eigenvalue weighted by Gasteiger charge is 2.20. The van der Waals surface area contributed by atoms with Crippen LogP contribution in [0.5, 0.6) is 0 Å². The van der Waals surface area contributed by atoms with Gasteiger partial charge in [0.2, 0.25) is 0 Å². The lowest BCUT2D eigenvalue weighted by atomic mass is 10.0. The highest BCUT2D eigenvalue weighted by atomic mass is 19.1. The highest BCUT2D eigenvalue weighted by Crippen LogP contribution is 2.23. The second-order valence-electron chi connectivity index (χ2n) is 7.88. The van der Waals surface area contributed by atoms with Gasteiger partial charge >= 0.3 is 6.03 Å². The Morgan fingerprint density at radius 2 is 2.06 bits per heavy atom. The number of hydrogen-bond donors (Lipinski definition) is 1. The van der Waals surface area contributed by atoms with E-state index in [1.165, 1.54) is 6.08 Å². The van der Waals surface area contributed by atoms with E-state index >= 15 is 0 Å². The molecule has 1 N–H and O–H groups in total. The maximum Gasteiger partial charge on any atom is 0.322 e. The molecule has 8 nitrogen and oxygen atoms in total. The van der Waals surface area contributed by atoms with Gasteiger partial charge in [0.25, 0.3) is 0 Å². The Labute approximate surface area is 191 Å². The van der Waals surface area contributed by atoms with Gasteiger partial charge in [0.15, 0.2) is 0 Å². The van der Waals surface area contributed by atoms with Gasteiger partial charge in [-0.25, -0.2) is 9.18 Å². The van der Waals surface area contributed by atoms with Gasteiger partial charge in [0, 0.05) is 38.0 Å². The quantitative estimate of drug-likeness (QED) is 0.675. The van der Waals surface area contributed by atoms with E-state index in [-0.39, 0.29) is 18.5 Å². The van der Waals surface area contributed by atoms with Crippen molar-refractivity contribution >= 4 is 24.3 Å². The molecule has 2 heterocycles. The van der Waals surface area contributed by atoms with Crippen molar-refractivity contribution in [2.24, 2.45) is 15.0 Å². The fourth-order valence-corrected chi connectivity index (χ4v) is 3.60. The van der Waals surface area contributed by atoms with Gasteiger partial charge in [-0.2, -0.15) is 0 Å². The fraction of sp³-hybridized carbons (Fsp3) is 0.565. The largest absolute Gasteiger partial charge is 0.334 e. The molecule has 0 spiro atoms. The van der Waals surface area contributed by atoms with Gasteiger partial charge in [-0.15, -0.1) is 0 Å². The van der Waals surface area contributed by atoms with Crippen molar-refractivity contribution in [3.8, 4) is 0 Å². The Morgan fingerprint density at radius 3 is 2.78 bits per heavy atom. The summed E-state index contributed by atoms with van der Waals surface area (Å²) in [7, 11) is 1.80. The summed E-state index contributed by atoms with van der Waals surface area (Å²) in [5.41, 5.74) is 2.68. The normalized spacial score (nSPS) is 21.7. The first-order chi connectivity index (χ1) is 15.4. The van der Waals surface area contributed by atoms with E-state index in [0.29, 0.717) is 32.8 Å². The van der Waals surface area contributed by atoms with E-state index in [4.69, 9.17) is 0 Å². The van der Waals surface area contributed by atoms with Crippen LogP contribution in [0.4, 0.5) is 9.18 Å². The zero-order valence-corrected chi connectivity index (χ0v) is 19.8. The van der Waals surface area contributed by atoms with Crippen LogP contribution in [0.25, 0.3) is 0 Å². The molecule has 2 aliphatic heterocycles. The minimum atomic E-state index is -0.290. The Hall–Kier alpha value is -2.81. The zero-order chi connectivity index (χ0) is 23.5. The monoisotopic (exact) mass is 445 g/mol. The van der Waals surface area contributed by atoms with Gasteiger partial charge in [-0.05, 0) is 58.1 Å². The molecule has 2 amide bonds. The Kier molecular flexibility index (Phi) is 10.3. The molecule has 0 unspecified atom stereocenters. The SMILES string of the molecule is C=NCN1CNCN=C(C)/C(=C/C(F)=C\C)CC2=CCN=C(C)N2CCCCN(C)C1=O. The highest BCUT2D eigenvalue weighted by molar-refractivity contribution is 5.99. The summed E-state index contributed by atoms with van der Waals surface area (Å²) in [6.45, 7) is 11.9. The molecule has 0 saturated carbocycles. The number of carbonyl (C=O) groups excluding carboxylic acids is 1. The zero-order valence-electron chi connectivity index (χ0n) is 19.8. The van der Waals surface area contributed by atoms with Crippen LogP contribution in [0.3, 0.4) is 0 Å². The van der Waals surface area contributed by atoms with Crippen molar-refractivity contribution in [2.75, 3.05) is 46.7 Å². The third kappa shape index (κ3) is 7.40. The van der Waals surface area contributed by atoms with E-state index in [0.717, 1.165) is 42.2 Å². The summed E-state index contributed by atoms with van der Waals surface area (Å²) in [6, 6.07) is -0.107. The average Bonchev–Trinajstić information content (AvgIpc) is 2.78. The Balaban J connectivity index is 2.32. The molecule has 0 aromatic heterocycles. The third-order valence-corrected chi connectivity index (χ3v) is 5.53. The number of urea groups is 1. The number of carbonyl (C=O) groups is 1. The second kappa shape index (κ2) is 12.9. The predicted molar refractivity (Wildman–Crippen MR) is 130 cm³/mol. The maximum absolute atomic E-state index is 14.2. The minimum Gasteiger partial charge on any atom is -0.334 e. The predicted octanol–water partition coefficient (Wildman–Crippen LogP) is 3.57. The summed E-state index contributed by atoms with van der Waals surface area (Å²) in [6.07, 6.45) is 7.43. The molecule has 176 valence electrons. The summed E-state index contributed by atoms with van der Waals surface area (Å²) in [5, 5.41) is 3.16. The number of amides is 2. The first kappa shape index (κ1) is 25.5. The number of nitrogens with zero attached hydrogens (tertiary/aromatic N) is 6. The number of halogens is 1. The van der Waals surface area contributed by atoms with Crippen molar-refractivity contribution in [3.05, 3.63) is 35.3 Å². The van der Waals surface area contributed by atoms with Gasteiger partial charge < -0.3 is 9.80 Å². The number of rotatable bonds is 3. The molecule has 32 heavy (non-hydrogen) atoms. The van der Waals surface area contributed by atoms with Gasteiger partial charge in [0.1, 0.15) is 18.3 Å². The second-order valence-corrected chi connectivity index (χ2v) is 7.88. The number of nitrogens with one attached hydrogen (secondary N) is 1. The molecule has 0 fully saturated rings. The maximum atomic E-state index is 14.2. The smallest absolute Gasteiger partial charge is 0.322 e. The van der Waals surface area contributed by atoms with E-state index in [2.05, 4.69) is 38.0 Å². The summed E-state index contributed by atoms with van der Waals surface area (Å²) in [4.78, 5) is 31.3. The standard InChI is InChI=1S/C23H36FN7O/c1-6-21(24)13-20-14-22-9-10-27-19(3)31(22)12-8-7-11-29(5)23(32)30(16-25-4)17-26-15-28-18(20)2/h6,9,13,26H,4,7-8,10-12,14-17H2,1-3,5H3/b20-13+,21-6+,28-18?. The van der Waals surface area contributed by atoms with Crippen LogP contribution in [0.1, 0.15) is 40.0 Å². The van der Waals surface area contributed by atoms with Crippen LogP contribution in [0.15, 0.2) is 50.3 Å². The lowest BCUT2D eigenvalue weighted by Crippen LogP contribution is -2.46. The van der Waals surface area contributed by atoms with E-state index in [9.17, 15) is 9.18 Å². The van der Waals surface area contributed by atoms with Crippen molar-refractivity contribution in [1.82, 2.24) is 20.0 Å². The third-order valence-electron chi connectivity index (χ3n) is 5.53.